The van der Waals surface area contributed by atoms with E-state index in [1.165, 1.54) is 12.8 Å². The molecule has 0 aromatic heterocycles. The van der Waals surface area contributed by atoms with Gasteiger partial charge in [-0.3, -0.25) is 4.79 Å². The molecule has 1 saturated heterocycles. The van der Waals surface area contributed by atoms with Crippen LogP contribution in [0.15, 0.2) is 4.99 Å². The zero-order valence-corrected chi connectivity index (χ0v) is 14.5. The third kappa shape index (κ3) is 7.64. The molecule has 1 amide bonds. The summed E-state index contributed by atoms with van der Waals surface area (Å²) < 4.78 is 0. The predicted octanol–water partition coefficient (Wildman–Crippen LogP) is 0.896. The van der Waals surface area contributed by atoms with Crippen LogP contribution in [0.1, 0.15) is 39.5 Å². The van der Waals surface area contributed by atoms with Gasteiger partial charge in [0.2, 0.25) is 5.91 Å². The van der Waals surface area contributed by atoms with E-state index in [1.807, 2.05) is 11.8 Å². The Morgan fingerprint density at radius 2 is 1.91 bits per heavy atom. The Morgan fingerprint density at radius 1 is 1.18 bits per heavy atom. The summed E-state index contributed by atoms with van der Waals surface area (Å²) in [5.74, 6) is 0.869. The van der Waals surface area contributed by atoms with Gasteiger partial charge in [0, 0.05) is 32.7 Å². The van der Waals surface area contributed by atoms with Gasteiger partial charge in [-0.1, -0.05) is 13.3 Å². The Bertz CT molecular complexity index is 339. The second-order valence-electron chi connectivity index (χ2n) is 5.87. The number of nitrogens with one attached hydrogen (secondary N) is 2. The number of likely N-dealkylation sites (N-methyl/N-ethyl adjacent to an activating group) is 1. The zero-order valence-electron chi connectivity index (χ0n) is 14.5. The highest BCUT2D eigenvalue weighted by Gasteiger charge is 2.17. The van der Waals surface area contributed by atoms with Crippen molar-refractivity contribution >= 4 is 11.9 Å². The lowest BCUT2D eigenvalue weighted by molar-refractivity contribution is -0.128. The first-order valence-electron chi connectivity index (χ1n) is 8.65. The van der Waals surface area contributed by atoms with Crippen LogP contribution in [0.2, 0.25) is 0 Å². The monoisotopic (exact) mass is 311 g/mol. The number of unbranched alkanes of at least 4 members (excludes halogenated alkanes) is 1. The SMILES string of the molecule is CCCCN(C)CCNC(=NCC(=O)N1CCCC1)NCC. The van der Waals surface area contributed by atoms with Crippen molar-refractivity contribution in [1.29, 1.82) is 0 Å². The number of amides is 1. The quantitative estimate of drug-likeness (QED) is 0.490. The van der Waals surface area contributed by atoms with Gasteiger partial charge < -0.3 is 20.4 Å². The van der Waals surface area contributed by atoms with Gasteiger partial charge in [0.15, 0.2) is 5.96 Å². The van der Waals surface area contributed by atoms with Crippen LogP contribution >= 0.6 is 0 Å². The minimum absolute atomic E-state index is 0.134. The fourth-order valence-electron chi connectivity index (χ4n) is 2.46. The first-order valence-corrected chi connectivity index (χ1v) is 8.65. The molecular weight excluding hydrogens is 278 g/mol. The van der Waals surface area contributed by atoms with Crippen molar-refractivity contribution in [1.82, 2.24) is 20.4 Å². The number of nitrogens with zero attached hydrogens (tertiary/aromatic N) is 3. The van der Waals surface area contributed by atoms with Crippen LogP contribution in [0.25, 0.3) is 0 Å². The molecular formula is C16H33N5O. The number of hydrogen-bond acceptors (Lipinski definition) is 3. The lowest BCUT2D eigenvalue weighted by Crippen LogP contribution is -2.42. The van der Waals surface area contributed by atoms with Gasteiger partial charge >= 0.3 is 0 Å². The Balaban J connectivity index is 2.30. The van der Waals surface area contributed by atoms with Crippen molar-refractivity contribution < 1.29 is 4.79 Å². The number of rotatable bonds is 9. The Hall–Kier alpha value is -1.30. The van der Waals surface area contributed by atoms with Crippen LogP contribution in [0.3, 0.4) is 0 Å². The third-order valence-electron chi connectivity index (χ3n) is 3.85. The molecule has 1 aliphatic rings. The van der Waals surface area contributed by atoms with E-state index in [2.05, 4.69) is 34.5 Å². The van der Waals surface area contributed by atoms with Crippen molar-refractivity contribution in [2.24, 2.45) is 4.99 Å². The van der Waals surface area contributed by atoms with E-state index in [1.54, 1.807) is 0 Å². The maximum atomic E-state index is 12.0. The largest absolute Gasteiger partial charge is 0.357 e. The molecule has 1 aliphatic heterocycles. The smallest absolute Gasteiger partial charge is 0.244 e. The number of carbonyl (C=O) groups excluding carboxylic acids is 1. The van der Waals surface area contributed by atoms with E-state index in [-0.39, 0.29) is 12.5 Å². The third-order valence-corrected chi connectivity index (χ3v) is 3.85. The second-order valence-corrected chi connectivity index (χ2v) is 5.87. The summed E-state index contributed by atoms with van der Waals surface area (Å²) in [4.78, 5) is 20.6. The molecule has 0 spiro atoms. The molecule has 1 rings (SSSR count). The molecule has 6 heteroatoms. The number of hydrogen-bond donors (Lipinski definition) is 2. The lowest BCUT2D eigenvalue weighted by atomic mass is 10.3. The van der Waals surface area contributed by atoms with E-state index in [4.69, 9.17) is 0 Å². The van der Waals surface area contributed by atoms with Gasteiger partial charge in [-0.25, -0.2) is 4.99 Å². The van der Waals surface area contributed by atoms with Crippen molar-refractivity contribution in [3.63, 3.8) is 0 Å². The molecule has 0 aromatic rings. The van der Waals surface area contributed by atoms with Crippen LogP contribution in [-0.4, -0.2) is 74.5 Å². The molecule has 0 unspecified atom stereocenters. The fraction of sp³-hybridized carbons (Fsp3) is 0.875. The molecule has 0 saturated carbocycles. The number of carbonyl (C=O) groups is 1. The van der Waals surface area contributed by atoms with Crippen molar-refractivity contribution in [3.05, 3.63) is 0 Å². The van der Waals surface area contributed by atoms with Gasteiger partial charge in [0.25, 0.3) is 0 Å². The summed E-state index contributed by atoms with van der Waals surface area (Å²) in [7, 11) is 2.14. The molecule has 128 valence electrons. The Labute approximate surface area is 135 Å². The van der Waals surface area contributed by atoms with E-state index >= 15 is 0 Å². The summed E-state index contributed by atoms with van der Waals surface area (Å²) in [6.07, 6.45) is 4.70. The molecule has 22 heavy (non-hydrogen) atoms. The minimum atomic E-state index is 0.134. The van der Waals surface area contributed by atoms with E-state index in [9.17, 15) is 4.79 Å². The second kappa shape index (κ2) is 11.3. The highest BCUT2D eigenvalue weighted by molar-refractivity contribution is 5.85. The highest BCUT2D eigenvalue weighted by atomic mass is 16.2. The van der Waals surface area contributed by atoms with Gasteiger partial charge in [0.05, 0.1) is 0 Å². The molecule has 6 nitrogen and oxygen atoms in total. The topological polar surface area (TPSA) is 60.0 Å². The molecule has 0 atom stereocenters. The maximum Gasteiger partial charge on any atom is 0.244 e. The Morgan fingerprint density at radius 3 is 2.55 bits per heavy atom. The van der Waals surface area contributed by atoms with Crippen molar-refractivity contribution in [2.75, 3.05) is 52.9 Å². The van der Waals surface area contributed by atoms with Crippen LogP contribution in [0.5, 0.6) is 0 Å². The van der Waals surface area contributed by atoms with Crippen LogP contribution < -0.4 is 10.6 Å². The normalized spacial score (nSPS) is 15.5. The van der Waals surface area contributed by atoms with Crippen LogP contribution in [0.4, 0.5) is 0 Å². The average Bonchev–Trinajstić information content (AvgIpc) is 3.04. The van der Waals surface area contributed by atoms with E-state index in [0.717, 1.165) is 58.1 Å². The number of aliphatic imine (C=N–C) groups is 1. The van der Waals surface area contributed by atoms with E-state index < -0.39 is 0 Å². The summed E-state index contributed by atoms with van der Waals surface area (Å²) in [5.41, 5.74) is 0. The first kappa shape index (κ1) is 18.7. The van der Waals surface area contributed by atoms with E-state index in [0.29, 0.717) is 0 Å². The van der Waals surface area contributed by atoms with Crippen LogP contribution in [0, 0.1) is 0 Å². The highest BCUT2D eigenvalue weighted by Crippen LogP contribution is 2.07. The molecule has 1 fully saturated rings. The summed E-state index contributed by atoms with van der Waals surface area (Å²) >= 11 is 0. The van der Waals surface area contributed by atoms with Crippen LogP contribution in [-0.2, 0) is 4.79 Å². The molecule has 0 bridgehead atoms. The summed E-state index contributed by atoms with van der Waals surface area (Å²) in [6.45, 7) is 10.00. The Kier molecular flexibility index (Phi) is 9.62. The van der Waals surface area contributed by atoms with Gasteiger partial charge in [-0.05, 0) is 39.8 Å². The molecule has 2 N–H and O–H groups in total. The molecule has 0 aliphatic carbocycles. The maximum absolute atomic E-state index is 12.0. The molecule has 0 aromatic carbocycles. The number of guanidine groups is 1. The summed E-state index contributed by atoms with van der Waals surface area (Å²) in [5, 5.41) is 6.50. The molecule has 1 heterocycles. The zero-order chi connectivity index (χ0) is 16.2. The minimum Gasteiger partial charge on any atom is -0.357 e. The standard InChI is InChI=1S/C16H33N5O/c1-4-6-10-20(3)13-9-18-16(17-5-2)19-14-15(22)21-11-7-8-12-21/h4-14H2,1-3H3,(H2,17,18,19). The van der Waals surface area contributed by atoms with Gasteiger partial charge in [-0.2, -0.15) is 0 Å². The van der Waals surface area contributed by atoms with Gasteiger partial charge in [-0.15, -0.1) is 0 Å². The van der Waals surface area contributed by atoms with Gasteiger partial charge in [0.1, 0.15) is 6.54 Å². The van der Waals surface area contributed by atoms with Crippen molar-refractivity contribution in [3.8, 4) is 0 Å². The predicted molar refractivity (Wildman–Crippen MR) is 92.2 cm³/mol. The number of likely N-dealkylation sites (tertiary alicyclic amines) is 1. The van der Waals surface area contributed by atoms with Crippen molar-refractivity contribution in [2.45, 2.75) is 39.5 Å². The first-order chi connectivity index (χ1) is 10.7. The fourth-order valence-corrected chi connectivity index (χ4v) is 2.46. The lowest BCUT2D eigenvalue weighted by Gasteiger charge is -2.18. The summed E-state index contributed by atoms with van der Waals surface area (Å²) in [6, 6.07) is 0. The molecule has 0 radical (unpaired) electrons. The average molecular weight is 311 g/mol.